The minimum Gasteiger partial charge on any atom is -0.207 e. The fourth-order valence-corrected chi connectivity index (χ4v) is 2.71. The molecule has 0 unspecified atom stereocenters. The summed E-state index contributed by atoms with van der Waals surface area (Å²) in [7, 11) is 2.07. The highest BCUT2D eigenvalue weighted by Crippen LogP contribution is 2.26. The number of aryl methyl sites for hydroxylation is 1. The van der Waals surface area contributed by atoms with E-state index in [9.17, 15) is 0 Å². The van der Waals surface area contributed by atoms with Gasteiger partial charge in [0.1, 0.15) is 7.05 Å². The van der Waals surface area contributed by atoms with E-state index >= 15 is 0 Å². The van der Waals surface area contributed by atoms with Crippen LogP contribution in [0.15, 0.2) is 43.2 Å². The Morgan fingerprint density at radius 2 is 1.55 bits per heavy atom. The summed E-state index contributed by atoms with van der Waals surface area (Å²) in [5.41, 5.74) is 1.20. The van der Waals surface area contributed by atoms with E-state index in [0.717, 1.165) is 0 Å². The van der Waals surface area contributed by atoms with Crippen molar-refractivity contribution in [3.8, 4) is 0 Å². The summed E-state index contributed by atoms with van der Waals surface area (Å²) in [6, 6.07) is 8.70. The Bertz CT molecular complexity index is 794. The average Bonchev–Trinajstić information content (AvgIpc) is 2.49. The zero-order valence-electron chi connectivity index (χ0n) is 12.8. The van der Waals surface area contributed by atoms with E-state index < -0.39 is 0 Å². The van der Waals surface area contributed by atoms with Crippen LogP contribution in [0.4, 0.5) is 0 Å². The summed E-state index contributed by atoms with van der Waals surface area (Å²) in [5, 5.41) is 6.47. The highest BCUT2D eigenvalue weighted by Gasteiger charge is 2.10. The standard InChI is InChI=1S/C17H16N.C2H6/c1-4-12-6-8-14-10-18(3)11-15-9-7-13(5-2)16(12)17(14)15;1-2/h4-11H,1H2,2-3H3;1-2H3/q+1;/b13-5-;. The Morgan fingerprint density at radius 1 is 0.950 bits per heavy atom. The number of pyridine rings is 1. The third-order valence-corrected chi connectivity index (χ3v) is 3.51. The predicted octanol–water partition coefficient (Wildman–Crippen LogP) is 4.01. The molecule has 0 radical (unpaired) electrons. The van der Waals surface area contributed by atoms with Crippen LogP contribution in [0, 0.1) is 0 Å². The normalized spacial score (nSPS) is 11.5. The molecular weight excluding hydrogens is 242 g/mol. The summed E-state index contributed by atoms with van der Waals surface area (Å²) in [4.78, 5) is 0. The van der Waals surface area contributed by atoms with Crippen LogP contribution in [-0.4, -0.2) is 0 Å². The maximum Gasteiger partial charge on any atom is 0.176 e. The van der Waals surface area contributed by atoms with Crippen molar-refractivity contribution in [2.24, 2.45) is 7.05 Å². The highest BCUT2D eigenvalue weighted by atomic mass is 14.9. The number of hydrogen-bond donors (Lipinski definition) is 0. The van der Waals surface area contributed by atoms with Gasteiger partial charge >= 0.3 is 0 Å². The van der Waals surface area contributed by atoms with Crippen LogP contribution in [0.5, 0.6) is 0 Å². The smallest absolute Gasteiger partial charge is 0.176 e. The SMILES string of the molecule is C=Cc1ccc2c[n+](C)cc3cc/c(=C/C)c1c23.CC. The second-order valence-corrected chi connectivity index (χ2v) is 4.65. The lowest BCUT2D eigenvalue weighted by atomic mass is 9.96. The molecule has 0 aliphatic carbocycles. The van der Waals surface area contributed by atoms with Crippen LogP contribution in [0.2, 0.25) is 0 Å². The van der Waals surface area contributed by atoms with Crippen molar-refractivity contribution in [2.45, 2.75) is 20.8 Å². The van der Waals surface area contributed by atoms with Crippen molar-refractivity contribution < 1.29 is 4.57 Å². The van der Waals surface area contributed by atoms with Gasteiger partial charge in [-0.1, -0.05) is 44.7 Å². The highest BCUT2D eigenvalue weighted by molar-refractivity contribution is 6.11. The first kappa shape index (κ1) is 14.3. The Morgan fingerprint density at radius 3 is 2.10 bits per heavy atom. The van der Waals surface area contributed by atoms with Gasteiger partial charge in [0.25, 0.3) is 0 Å². The van der Waals surface area contributed by atoms with Gasteiger partial charge in [-0.2, -0.15) is 0 Å². The second-order valence-electron chi connectivity index (χ2n) is 4.65. The molecule has 0 N–H and O–H groups in total. The average molecular weight is 264 g/mol. The first-order valence-electron chi connectivity index (χ1n) is 7.18. The van der Waals surface area contributed by atoms with Gasteiger partial charge in [0, 0.05) is 16.2 Å². The monoisotopic (exact) mass is 264 g/mol. The molecule has 3 rings (SSSR count). The van der Waals surface area contributed by atoms with E-state index in [1.807, 2.05) is 19.9 Å². The minimum atomic E-state index is 1.20. The summed E-state index contributed by atoms with van der Waals surface area (Å²) in [6.45, 7) is 10.0. The number of nitrogens with zero attached hydrogens (tertiary/aromatic N) is 1. The third-order valence-electron chi connectivity index (χ3n) is 3.51. The largest absolute Gasteiger partial charge is 0.207 e. The van der Waals surface area contributed by atoms with Gasteiger partial charge in [0.15, 0.2) is 12.4 Å². The zero-order valence-corrected chi connectivity index (χ0v) is 12.8. The Hall–Kier alpha value is -2.15. The molecule has 3 aromatic rings. The molecule has 0 spiro atoms. The Kier molecular flexibility index (Phi) is 4.19. The molecule has 20 heavy (non-hydrogen) atoms. The maximum atomic E-state index is 3.93. The van der Waals surface area contributed by atoms with Crippen LogP contribution in [0.1, 0.15) is 26.3 Å². The van der Waals surface area contributed by atoms with Crippen LogP contribution < -0.4 is 9.79 Å². The molecule has 1 heterocycles. The molecular formula is C19H22N+. The van der Waals surface area contributed by atoms with E-state index in [-0.39, 0.29) is 0 Å². The van der Waals surface area contributed by atoms with Crippen molar-refractivity contribution >= 4 is 33.7 Å². The molecule has 0 aliphatic rings. The third kappa shape index (κ3) is 2.20. The fraction of sp³-hybridized carbons (Fsp3) is 0.211. The zero-order chi connectivity index (χ0) is 14.7. The fourth-order valence-electron chi connectivity index (χ4n) is 2.71. The van der Waals surface area contributed by atoms with Gasteiger partial charge in [-0.15, -0.1) is 0 Å². The Labute approximate surface area is 120 Å². The molecule has 0 bridgehead atoms. The number of hydrogen-bond acceptors (Lipinski definition) is 0. The molecule has 0 fully saturated rings. The van der Waals surface area contributed by atoms with Crippen LogP contribution in [0.25, 0.3) is 33.7 Å². The molecule has 2 aromatic carbocycles. The summed E-state index contributed by atoms with van der Waals surface area (Å²) < 4.78 is 2.11. The van der Waals surface area contributed by atoms with E-state index in [1.54, 1.807) is 0 Å². The molecule has 1 nitrogen and oxygen atoms in total. The summed E-state index contributed by atoms with van der Waals surface area (Å²) in [5.74, 6) is 0. The van der Waals surface area contributed by atoms with Gasteiger partial charge in [-0.25, -0.2) is 4.57 Å². The van der Waals surface area contributed by atoms with E-state index in [0.29, 0.717) is 0 Å². The number of aromatic nitrogens is 1. The first-order valence-corrected chi connectivity index (χ1v) is 7.18. The van der Waals surface area contributed by atoms with Gasteiger partial charge < -0.3 is 0 Å². The molecule has 0 atom stereocenters. The lowest BCUT2D eigenvalue weighted by Gasteiger charge is -2.08. The second kappa shape index (κ2) is 5.87. The van der Waals surface area contributed by atoms with Crippen molar-refractivity contribution in [2.75, 3.05) is 0 Å². The maximum absolute atomic E-state index is 3.93. The van der Waals surface area contributed by atoms with E-state index in [4.69, 9.17) is 0 Å². The number of benzene rings is 2. The quantitative estimate of drug-likeness (QED) is 0.585. The molecule has 0 amide bonds. The molecule has 0 saturated heterocycles. The predicted molar refractivity (Wildman–Crippen MR) is 89.4 cm³/mol. The van der Waals surface area contributed by atoms with Crippen molar-refractivity contribution in [1.82, 2.24) is 0 Å². The van der Waals surface area contributed by atoms with Gasteiger partial charge in [-0.05, 0) is 35.2 Å². The lowest BCUT2D eigenvalue weighted by molar-refractivity contribution is -0.669. The molecule has 102 valence electrons. The molecule has 0 aliphatic heterocycles. The van der Waals surface area contributed by atoms with Crippen LogP contribution >= 0.6 is 0 Å². The van der Waals surface area contributed by atoms with Crippen LogP contribution in [-0.2, 0) is 7.05 Å². The van der Waals surface area contributed by atoms with Crippen molar-refractivity contribution in [3.05, 3.63) is 54.0 Å². The first-order chi connectivity index (χ1) is 9.74. The number of rotatable bonds is 1. The molecule has 1 heteroatoms. The molecule has 0 saturated carbocycles. The van der Waals surface area contributed by atoms with E-state index in [1.165, 1.54) is 32.3 Å². The van der Waals surface area contributed by atoms with Gasteiger partial charge in [-0.3, -0.25) is 0 Å². The molecule has 1 aromatic heterocycles. The minimum absolute atomic E-state index is 1.20. The topological polar surface area (TPSA) is 3.88 Å². The van der Waals surface area contributed by atoms with Crippen molar-refractivity contribution in [1.29, 1.82) is 0 Å². The van der Waals surface area contributed by atoms with Crippen LogP contribution in [0.3, 0.4) is 0 Å². The summed E-state index contributed by atoms with van der Waals surface area (Å²) >= 11 is 0. The Balaban J connectivity index is 0.000000704. The van der Waals surface area contributed by atoms with Crippen molar-refractivity contribution in [3.63, 3.8) is 0 Å². The summed E-state index contributed by atoms with van der Waals surface area (Å²) in [6.07, 6.45) is 8.44. The van der Waals surface area contributed by atoms with Gasteiger partial charge in [0.2, 0.25) is 0 Å². The lowest BCUT2D eigenvalue weighted by Crippen LogP contribution is -2.26. The van der Waals surface area contributed by atoms with Gasteiger partial charge in [0.05, 0.1) is 0 Å². The van der Waals surface area contributed by atoms with E-state index in [2.05, 4.69) is 67.9 Å².